The number of likely N-dealkylation sites (tertiary alicyclic amines) is 1. The van der Waals surface area contributed by atoms with E-state index in [2.05, 4.69) is 36.1 Å². The van der Waals surface area contributed by atoms with Crippen LogP contribution < -0.4 is 0 Å². The molecule has 1 aliphatic heterocycles. The Kier molecular flexibility index (Phi) is 6.69. The maximum atomic E-state index is 12.1. The molecule has 0 radical (unpaired) electrons. The first kappa shape index (κ1) is 19.6. The van der Waals surface area contributed by atoms with Gasteiger partial charge in [0.15, 0.2) is 0 Å². The van der Waals surface area contributed by atoms with Gasteiger partial charge in [0.1, 0.15) is 5.76 Å². The molecule has 0 spiro atoms. The molecule has 1 aromatic heterocycles. The molecule has 5 nitrogen and oxygen atoms in total. The third kappa shape index (κ3) is 5.21. The van der Waals surface area contributed by atoms with E-state index in [1.54, 1.807) is 20.3 Å². The Hall–Kier alpha value is -2.11. The van der Waals surface area contributed by atoms with E-state index in [1.165, 1.54) is 11.1 Å². The minimum atomic E-state index is 0.110. The van der Waals surface area contributed by atoms with Crippen molar-refractivity contribution >= 4 is 5.91 Å². The lowest BCUT2D eigenvalue weighted by Crippen LogP contribution is -2.38. The molecule has 0 aliphatic carbocycles. The standard InChI is InChI=1S/C22H30N2O3/c1-17-6-8-19(9-7-17)22-16-23(15-21-5-4-11-27-21)13-20(22)14-24(18(2)25)10-12-26-3/h4-9,11,20,22H,10,12-16H2,1-3H3. The lowest BCUT2D eigenvalue weighted by molar-refractivity contribution is -0.130. The Morgan fingerprint density at radius 1 is 1.26 bits per heavy atom. The molecule has 0 bridgehead atoms. The summed E-state index contributed by atoms with van der Waals surface area (Å²) in [5.74, 6) is 1.90. The van der Waals surface area contributed by atoms with Gasteiger partial charge < -0.3 is 14.1 Å². The van der Waals surface area contributed by atoms with Crippen molar-refractivity contribution in [1.29, 1.82) is 0 Å². The van der Waals surface area contributed by atoms with Crippen molar-refractivity contribution in [2.24, 2.45) is 5.92 Å². The maximum absolute atomic E-state index is 12.1. The van der Waals surface area contributed by atoms with E-state index in [9.17, 15) is 4.79 Å². The summed E-state index contributed by atoms with van der Waals surface area (Å²) >= 11 is 0. The zero-order valence-corrected chi connectivity index (χ0v) is 16.6. The van der Waals surface area contributed by atoms with Gasteiger partial charge in [0.25, 0.3) is 0 Å². The summed E-state index contributed by atoms with van der Waals surface area (Å²) in [5.41, 5.74) is 2.62. The Labute approximate surface area is 161 Å². The topological polar surface area (TPSA) is 45.9 Å². The molecule has 0 N–H and O–H groups in total. The fraction of sp³-hybridized carbons (Fsp3) is 0.500. The molecule has 5 heteroatoms. The molecule has 0 saturated carbocycles. The third-order valence-corrected chi connectivity index (χ3v) is 5.45. The van der Waals surface area contributed by atoms with Crippen LogP contribution in [0.5, 0.6) is 0 Å². The van der Waals surface area contributed by atoms with E-state index in [0.717, 1.165) is 31.9 Å². The van der Waals surface area contributed by atoms with Crippen molar-refractivity contribution in [2.45, 2.75) is 26.3 Å². The van der Waals surface area contributed by atoms with Crippen molar-refractivity contribution in [3.8, 4) is 0 Å². The number of hydrogen-bond donors (Lipinski definition) is 0. The van der Waals surface area contributed by atoms with E-state index >= 15 is 0 Å². The second-order valence-electron chi connectivity index (χ2n) is 7.51. The summed E-state index contributed by atoms with van der Waals surface area (Å²) in [7, 11) is 1.67. The third-order valence-electron chi connectivity index (χ3n) is 5.45. The van der Waals surface area contributed by atoms with Crippen LogP contribution >= 0.6 is 0 Å². The van der Waals surface area contributed by atoms with Gasteiger partial charge in [-0.05, 0) is 30.5 Å². The van der Waals surface area contributed by atoms with Crippen molar-refractivity contribution in [2.75, 3.05) is 39.9 Å². The van der Waals surface area contributed by atoms with Gasteiger partial charge in [-0.1, -0.05) is 29.8 Å². The molecule has 3 rings (SSSR count). The van der Waals surface area contributed by atoms with Gasteiger partial charge in [-0.3, -0.25) is 9.69 Å². The molecule has 2 aromatic rings. The van der Waals surface area contributed by atoms with Gasteiger partial charge in [-0.2, -0.15) is 0 Å². The largest absolute Gasteiger partial charge is 0.468 e. The van der Waals surface area contributed by atoms with Crippen LogP contribution in [0.3, 0.4) is 0 Å². The number of nitrogens with zero attached hydrogens (tertiary/aromatic N) is 2. The van der Waals surface area contributed by atoms with Gasteiger partial charge >= 0.3 is 0 Å². The van der Waals surface area contributed by atoms with Gasteiger partial charge in [0, 0.05) is 46.1 Å². The number of furan rings is 1. The highest BCUT2D eigenvalue weighted by molar-refractivity contribution is 5.73. The predicted molar refractivity (Wildman–Crippen MR) is 106 cm³/mol. The normalized spacial score (nSPS) is 20.1. The highest BCUT2D eigenvalue weighted by Gasteiger charge is 2.35. The first-order valence-electron chi connectivity index (χ1n) is 9.62. The second-order valence-corrected chi connectivity index (χ2v) is 7.51. The highest BCUT2D eigenvalue weighted by atomic mass is 16.5. The minimum absolute atomic E-state index is 0.110. The molecule has 1 saturated heterocycles. The van der Waals surface area contributed by atoms with E-state index in [1.807, 2.05) is 17.0 Å². The zero-order chi connectivity index (χ0) is 19.2. The van der Waals surface area contributed by atoms with Crippen LogP contribution in [0, 0.1) is 12.8 Å². The number of benzene rings is 1. The van der Waals surface area contributed by atoms with Gasteiger partial charge in [0.05, 0.1) is 19.4 Å². The lowest BCUT2D eigenvalue weighted by Gasteiger charge is -2.27. The van der Waals surface area contributed by atoms with E-state index in [-0.39, 0.29) is 5.91 Å². The Morgan fingerprint density at radius 2 is 2.04 bits per heavy atom. The van der Waals surface area contributed by atoms with Crippen molar-refractivity contribution in [3.05, 3.63) is 59.5 Å². The first-order chi connectivity index (χ1) is 13.1. The van der Waals surface area contributed by atoms with Crippen LogP contribution in [0.4, 0.5) is 0 Å². The van der Waals surface area contributed by atoms with Gasteiger partial charge in [-0.15, -0.1) is 0 Å². The Balaban J connectivity index is 1.75. The average Bonchev–Trinajstić information content (AvgIpc) is 3.29. The number of amides is 1. The molecule has 146 valence electrons. The molecular formula is C22H30N2O3. The van der Waals surface area contributed by atoms with E-state index in [0.29, 0.717) is 25.0 Å². The number of carbonyl (C=O) groups excluding carboxylic acids is 1. The summed E-state index contributed by atoms with van der Waals surface area (Å²) < 4.78 is 10.7. The number of rotatable bonds is 8. The summed E-state index contributed by atoms with van der Waals surface area (Å²) in [6.07, 6.45) is 1.72. The fourth-order valence-corrected chi connectivity index (χ4v) is 3.95. The number of hydrogen-bond acceptors (Lipinski definition) is 4. The molecule has 2 heterocycles. The first-order valence-corrected chi connectivity index (χ1v) is 9.62. The van der Waals surface area contributed by atoms with Crippen LogP contribution in [-0.2, 0) is 16.1 Å². The maximum Gasteiger partial charge on any atom is 0.219 e. The highest BCUT2D eigenvalue weighted by Crippen LogP contribution is 2.34. The van der Waals surface area contributed by atoms with Gasteiger partial charge in [-0.25, -0.2) is 0 Å². The number of ether oxygens (including phenoxy) is 1. The van der Waals surface area contributed by atoms with Gasteiger partial charge in [0.2, 0.25) is 5.91 Å². The summed E-state index contributed by atoms with van der Waals surface area (Å²) in [4.78, 5) is 16.5. The SMILES string of the molecule is COCCN(CC1CN(Cc2ccco2)CC1c1ccc(C)cc1)C(C)=O. The molecule has 1 aliphatic rings. The summed E-state index contributed by atoms with van der Waals surface area (Å²) in [6.45, 7) is 8.46. The van der Waals surface area contributed by atoms with Crippen LogP contribution in [0.25, 0.3) is 0 Å². The quantitative estimate of drug-likeness (QED) is 0.715. The van der Waals surface area contributed by atoms with E-state index in [4.69, 9.17) is 9.15 Å². The summed E-state index contributed by atoms with van der Waals surface area (Å²) in [6, 6.07) is 12.8. The van der Waals surface area contributed by atoms with Crippen molar-refractivity contribution in [3.63, 3.8) is 0 Å². The Morgan fingerprint density at radius 3 is 2.67 bits per heavy atom. The van der Waals surface area contributed by atoms with Crippen molar-refractivity contribution < 1.29 is 13.9 Å². The van der Waals surface area contributed by atoms with Crippen LogP contribution in [0.15, 0.2) is 47.1 Å². The van der Waals surface area contributed by atoms with Crippen LogP contribution in [0.1, 0.15) is 29.7 Å². The smallest absolute Gasteiger partial charge is 0.219 e. The second kappa shape index (κ2) is 9.20. The number of carbonyl (C=O) groups is 1. The lowest BCUT2D eigenvalue weighted by atomic mass is 9.88. The molecule has 1 aromatic carbocycles. The zero-order valence-electron chi connectivity index (χ0n) is 16.6. The van der Waals surface area contributed by atoms with Crippen molar-refractivity contribution in [1.82, 2.24) is 9.80 Å². The molecule has 1 amide bonds. The molecule has 2 atom stereocenters. The predicted octanol–water partition coefficient (Wildman–Crippen LogP) is 3.30. The molecule has 1 fully saturated rings. The van der Waals surface area contributed by atoms with Crippen LogP contribution in [-0.4, -0.2) is 55.6 Å². The molecular weight excluding hydrogens is 340 g/mol. The van der Waals surface area contributed by atoms with Crippen LogP contribution in [0.2, 0.25) is 0 Å². The Bertz CT molecular complexity index is 712. The molecule has 27 heavy (non-hydrogen) atoms. The molecule has 2 unspecified atom stereocenters. The fourth-order valence-electron chi connectivity index (χ4n) is 3.95. The number of aryl methyl sites for hydroxylation is 1. The van der Waals surface area contributed by atoms with E-state index < -0.39 is 0 Å². The number of methoxy groups -OCH3 is 1. The summed E-state index contributed by atoms with van der Waals surface area (Å²) in [5, 5.41) is 0. The minimum Gasteiger partial charge on any atom is -0.468 e. The monoisotopic (exact) mass is 370 g/mol. The average molecular weight is 370 g/mol.